The van der Waals surface area contributed by atoms with Crippen LogP contribution in [0.3, 0.4) is 0 Å². The molecule has 0 N–H and O–H groups in total. The average molecular weight is 407 g/mol. The summed E-state index contributed by atoms with van der Waals surface area (Å²) >= 11 is 12.0. The van der Waals surface area contributed by atoms with Gasteiger partial charge in [0.15, 0.2) is 5.92 Å². The molecule has 0 amide bonds. The van der Waals surface area contributed by atoms with E-state index >= 15 is 0 Å². The summed E-state index contributed by atoms with van der Waals surface area (Å²) in [5.41, 5.74) is 0.826. The van der Waals surface area contributed by atoms with Crippen LogP contribution in [0.1, 0.15) is 25.8 Å². The molecule has 0 aliphatic heterocycles. The SMILES string of the molecule is CCOC(=O)C(CCOCCOc1c(C)cc(Cl)cc1Cl)C(=O)OCC. The lowest BCUT2D eigenvalue weighted by Crippen LogP contribution is -2.29. The molecule has 8 heteroatoms. The van der Waals surface area contributed by atoms with E-state index in [4.69, 9.17) is 42.1 Å². The second-order valence-electron chi connectivity index (χ2n) is 5.34. The molecule has 0 aliphatic carbocycles. The molecule has 146 valence electrons. The summed E-state index contributed by atoms with van der Waals surface area (Å²) in [6, 6.07) is 3.36. The summed E-state index contributed by atoms with van der Waals surface area (Å²) < 4.78 is 20.8. The first-order valence-corrected chi connectivity index (χ1v) is 9.15. The molecule has 1 aromatic rings. The third-order valence-electron chi connectivity index (χ3n) is 3.36. The fourth-order valence-electron chi connectivity index (χ4n) is 2.20. The van der Waals surface area contributed by atoms with Gasteiger partial charge in [0.1, 0.15) is 12.4 Å². The van der Waals surface area contributed by atoms with E-state index < -0.39 is 17.9 Å². The molecule has 0 spiro atoms. The molecule has 0 saturated carbocycles. The van der Waals surface area contributed by atoms with Gasteiger partial charge in [-0.15, -0.1) is 0 Å². The fraction of sp³-hybridized carbons (Fsp3) is 0.556. The highest BCUT2D eigenvalue weighted by molar-refractivity contribution is 6.35. The molecule has 0 atom stereocenters. The topological polar surface area (TPSA) is 71.1 Å². The minimum atomic E-state index is -0.983. The first-order valence-electron chi connectivity index (χ1n) is 8.40. The van der Waals surface area contributed by atoms with Crippen molar-refractivity contribution in [1.29, 1.82) is 0 Å². The molecule has 0 saturated heterocycles. The highest BCUT2D eigenvalue weighted by Gasteiger charge is 2.29. The van der Waals surface area contributed by atoms with Gasteiger partial charge in [0.25, 0.3) is 0 Å². The van der Waals surface area contributed by atoms with Crippen molar-refractivity contribution in [3.8, 4) is 5.75 Å². The number of hydrogen-bond donors (Lipinski definition) is 0. The van der Waals surface area contributed by atoms with E-state index in [0.717, 1.165) is 5.56 Å². The Kier molecular flexibility index (Phi) is 10.4. The minimum absolute atomic E-state index is 0.179. The number of rotatable bonds is 11. The van der Waals surface area contributed by atoms with E-state index in [1.54, 1.807) is 26.0 Å². The van der Waals surface area contributed by atoms with Gasteiger partial charge in [-0.05, 0) is 44.9 Å². The predicted molar refractivity (Wildman–Crippen MR) is 98.9 cm³/mol. The standard InChI is InChI=1S/C18H24Cl2O6/c1-4-24-17(21)14(18(22)25-5-2)6-7-23-8-9-26-16-12(3)10-13(19)11-15(16)20/h10-11,14H,4-9H2,1-3H3. The molecule has 6 nitrogen and oxygen atoms in total. The molecular weight excluding hydrogens is 383 g/mol. The zero-order valence-electron chi connectivity index (χ0n) is 15.2. The van der Waals surface area contributed by atoms with E-state index in [-0.39, 0.29) is 39.5 Å². The number of carbonyl (C=O) groups is 2. The number of aryl methyl sites for hydroxylation is 1. The quantitative estimate of drug-likeness (QED) is 0.316. The molecule has 0 fully saturated rings. The van der Waals surface area contributed by atoms with Crippen LogP contribution < -0.4 is 4.74 Å². The van der Waals surface area contributed by atoms with Crippen molar-refractivity contribution in [2.45, 2.75) is 27.2 Å². The maximum Gasteiger partial charge on any atom is 0.320 e. The van der Waals surface area contributed by atoms with Crippen LogP contribution in [0.2, 0.25) is 10.0 Å². The second-order valence-corrected chi connectivity index (χ2v) is 6.18. The Labute approximate surface area is 163 Å². The Hall–Kier alpha value is -1.50. The molecular formula is C18H24Cl2O6. The van der Waals surface area contributed by atoms with Crippen LogP contribution >= 0.6 is 23.2 Å². The second kappa shape index (κ2) is 12.0. The van der Waals surface area contributed by atoms with Gasteiger partial charge in [0.05, 0.1) is 24.8 Å². The molecule has 0 unspecified atom stereocenters. The Morgan fingerprint density at radius 1 is 1.00 bits per heavy atom. The lowest BCUT2D eigenvalue weighted by Gasteiger charge is -2.15. The van der Waals surface area contributed by atoms with Crippen molar-refractivity contribution in [2.24, 2.45) is 5.92 Å². The van der Waals surface area contributed by atoms with Gasteiger partial charge >= 0.3 is 11.9 Å². The number of carbonyl (C=O) groups excluding carboxylic acids is 2. The predicted octanol–water partition coefficient (Wildman–Crippen LogP) is 3.83. The monoisotopic (exact) mass is 406 g/mol. The summed E-state index contributed by atoms with van der Waals surface area (Å²) in [6.07, 6.45) is 0.179. The molecule has 0 heterocycles. The van der Waals surface area contributed by atoms with Gasteiger partial charge in [0.2, 0.25) is 0 Å². The number of halogens is 2. The summed E-state index contributed by atoms with van der Waals surface area (Å²) in [7, 11) is 0. The third kappa shape index (κ3) is 7.40. The van der Waals surface area contributed by atoms with Gasteiger partial charge < -0.3 is 18.9 Å². The van der Waals surface area contributed by atoms with Crippen molar-refractivity contribution < 1.29 is 28.5 Å². The summed E-state index contributed by atoms with van der Waals surface area (Å²) in [5.74, 6) is -1.64. The summed E-state index contributed by atoms with van der Waals surface area (Å²) in [6.45, 7) is 6.34. The van der Waals surface area contributed by atoms with Gasteiger partial charge in [-0.2, -0.15) is 0 Å². The van der Waals surface area contributed by atoms with Crippen molar-refractivity contribution in [1.82, 2.24) is 0 Å². The third-order valence-corrected chi connectivity index (χ3v) is 3.86. The molecule has 1 aromatic carbocycles. The number of hydrogen-bond acceptors (Lipinski definition) is 6. The van der Waals surface area contributed by atoms with E-state index in [1.807, 2.05) is 6.92 Å². The first kappa shape index (κ1) is 22.5. The maximum absolute atomic E-state index is 11.8. The number of ether oxygens (including phenoxy) is 4. The zero-order chi connectivity index (χ0) is 19.5. The van der Waals surface area contributed by atoms with Crippen molar-refractivity contribution in [3.63, 3.8) is 0 Å². The summed E-state index contributed by atoms with van der Waals surface area (Å²) in [5, 5.41) is 0.972. The van der Waals surface area contributed by atoms with Crippen LogP contribution in [-0.4, -0.2) is 45.0 Å². The molecule has 26 heavy (non-hydrogen) atoms. The van der Waals surface area contributed by atoms with E-state index in [2.05, 4.69) is 0 Å². The highest BCUT2D eigenvalue weighted by atomic mass is 35.5. The van der Waals surface area contributed by atoms with Crippen molar-refractivity contribution in [2.75, 3.05) is 33.0 Å². The fourth-order valence-corrected chi connectivity index (χ4v) is 2.85. The van der Waals surface area contributed by atoms with Crippen molar-refractivity contribution in [3.05, 3.63) is 27.7 Å². The smallest absolute Gasteiger partial charge is 0.320 e. The molecule has 0 radical (unpaired) electrons. The van der Waals surface area contributed by atoms with E-state index in [0.29, 0.717) is 15.8 Å². The van der Waals surface area contributed by atoms with E-state index in [1.165, 1.54) is 0 Å². The van der Waals surface area contributed by atoms with Crippen molar-refractivity contribution >= 4 is 35.1 Å². The molecule has 0 bridgehead atoms. The summed E-state index contributed by atoms with van der Waals surface area (Å²) in [4.78, 5) is 23.7. The van der Waals surface area contributed by atoms with Gasteiger partial charge in [0, 0.05) is 11.6 Å². The van der Waals surface area contributed by atoms with E-state index in [9.17, 15) is 9.59 Å². The first-order chi connectivity index (χ1) is 12.4. The lowest BCUT2D eigenvalue weighted by atomic mass is 10.1. The number of benzene rings is 1. The number of esters is 2. The van der Waals surface area contributed by atoms with Crippen LogP contribution in [0.25, 0.3) is 0 Å². The van der Waals surface area contributed by atoms with Crippen LogP contribution in [0.5, 0.6) is 5.75 Å². The van der Waals surface area contributed by atoms with Crippen LogP contribution in [0, 0.1) is 12.8 Å². The van der Waals surface area contributed by atoms with Gasteiger partial charge in [-0.25, -0.2) is 0 Å². The van der Waals surface area contributed by atoms with Gasteiger partial charge in [-0.1, -0.05) is 23.2 Å². The minimum Gasteiger partial charge on any atom is -0.489 e. The lowest BCUT2D eigenvalue weighted by molar-refractivity contribution is -0.162. The highest BCUT2D eigenvalue weighted by Crippen LogP contribution is 2.31. The Balaban J connectivity index is 2.40. The Morgan fingerprint density at radius 3 is 2.15 bits per heavy atom. The Bertz CT molecular complexity index is 564. The molecule has 0 aliphatic rings. The molecule has 1 rings (SSSR count). The van der Waals surface area contributed by atoms with Crippen LogP contribution in [-0.2, 0) is 23.8 Å². The maximum atomic E-state index is 11.8. The zero-order valence-corrected chi connectivity index (χ0v) is 16.7. The average Bonchev–Trinajstić information content (AvgIpc) is 2.56. The normalized spacial score (nSPS) is 10.7. The largest absolute Gasteiger partial charge is 0.489 e. The molecule has 0 aromatic heterocycles. The van der Waals surface area contributed by atoms with Crippen LogP contribution in [0.15, 0.2) is 12.1 Å². The van der Waals surface area contributed by atoms with Crippen LogP contribution in [0.4, 0.5) is 0 Å². The Morgan fingerprint density at radius 2 is 1.62 bits per heavy atom. The van der Waals surface area contributed by atoms with Gasteiger partial charge in [-0.3, -0.25) is 9.59 Å².